The predicted octanol–water partition coefficient (Wildman–Crippen LogP) is 4.20. The van der Waals surface area contributed by atoms with Crippen LogP contribution in [-0.4, -0.2) is 45.7 Å². The van der Waals surface area contributed by atoms with Gasteiger partial charge in [-0.15, -0.1) is 0 Å². The molecule has 3 aromatic heterocycles. The number of nitrogen functional groups attached to an aromatic ring is 1. The van der Waals surface area contributed by atoms with Gasteiger partial charge in [-0.1, -0.05) is 25.6 Å². The van der Waals surface area contributed by atoms with Crippen LogP contribution in [0.1, 0.15) is 25.8 Å². The molecule has 4 aromatic rings. The van der Waals surface area contributed by atoms with Gasteiger partial charge in [0.15, 0.2) is 22.1 Å². The Labute approximate surface area is 197 Å². The smallest absolute Gasteiger partial charge is 0.175 e. The molecule has 0 spiro atoms. The van der Waals surface area contributed by atoms with Gasteiger partial charge in [-0.05, 0) is 49.2 Å². The quantitative estimate of drug-likeness (QED) is 0.375. The standard InChI is InChI=1S/C24H29N7OS/c1-15(2)26-8-5-9-31-23-21(22(25)27-14-28-23)29-24(31)33-20-12-16-7-10-30(3)18(16)13-17(20)19-6-4-11-32-19/h4,6,11-15,26H,5,7-10H2,1-3H3,(H2,25,27,28). The molecule has 0 bridgehead atoms. The van der Waals surface area contributed by atoms with E-state index >= 15 is 0 Å². The number of hydrogen-bond acceptors (Lipinski definition) is 8. The first kappa shape index (κ1) is 21.8. The molecule has 0 amide bonds. The Morgan fingerprint density at radius 2 is 2.15 bits per heavy atom. The number of hydrogen-bond donors (Lipinski definition) is 2. The van der Waals surface area contributed by atoms with Gasteiger partial charge in [-0.3, -0.25) is 0 Å². The van der Waals surface area contributed by atoms with E-state index in [-0.39, 0.29) is 0 Å². The van der Waals surface area contributed by atoms with Crippen molar-refractivity contribution in [1.82, 2.24) is 24.8 Å². The average molecular weight is 464 g/mol. The summed E-state index contributed by atoms with van der Waals surface area (Å²) in [5, 5.41) is 4.34. The number of nitrogens with two attached hydrogens (primary N) is 1. The van der Waals surface area contributed by atoms with E-state index in [1.54, 1.807) is 18.0 Å². The first-order chi connectivity index (χ1) is 16.0. The fraction of sp³-hybridized carbons (Fsp3) is 0.375. The molecular weight excluding hydrogens is 434 g/mol. The van der Waals surface area contributed by atoms with Crippen LogP contribution in [-0.2, 0) is 13.0 Å². The first-order valence-corrected chi connectivity index (χ1v) is 12.1. The van der Waals surface area contributed by atoms with E-state index in [0.717, 1.165) is 59.5 Å². The van der Waals surface area contributed by atoms with Gasteiger partial charge in [0.25, 0.3) is 0 Å². The molecule has 4 heterocycles. The SMILES string of the molecule is CC(C)NCCCn1c(Sc2cc3c(cc2-c2ccco2)N(C)CC3)nc2c(N)ncnc21. The molecule has 1 aliphatic heterocycles. The number of rotatable bonds is 8. The van der Waals surface area contributed by atoms with Crippen molar-refractivity contribution < 1.29 is 4.42 Å². The van der Waals surface area contributed by atoms with Crippen molar-refractivity contribution in [3.8, 4) is 11.3 Å². The Morgan fingerprint density at radius 1 is 1.27 bits per heavy atom. The van der Waals surface area contributed by atoms with Gasteiger partial charge in [-0.2, -0.15) is 0 Å². The molecule has 0 radical (unpaired) electrons. The summed E-state index contributed by atoms with van der Waals surface area (Å²) in [5.41, 5.74) is 11.2. The van der Waals surface area contributed by atoms with Crippen molar-refractivity contribution in [2.24, 2.45) is 0 Å². The molecule has 9 heteroatoms. The van der Waals surface area contributed by atoms with Gasteiger partial charge in [0.2, 0.25) is 0 Å². The number of nitrogens with zero attached hydrogens (tertiary/aromatic N) is 5. The molecular formula is C24H29N7OS. The topological polar surface area (TPSA) is 98.0 Å². The maximum Gasteiger partial charge on any atom is 0.175 e. The highest BCUT2D eigenvalue weighted by atomic mass is 32.2. The zero-order valence-electron chi connectivity index (χ0n) is 19.2. The van der Waals surface area contributed by atoms with E-state index in [9.17, 15) is 0 Å². The van der Waals surface area contributed by atoms with E-state index in [0.29, 0.717) is 17.4 Å². The Hall–Kier alpha value is -3.04. The lowest BCUT2D eigenvalue weighted by Crippen LogP contribution is -2.24. The number of nitrogens with one attached hydrogen (secondary N) is 1. The van der Waals surface area contributed by atoms with Gasteiger partial charge in [-0.25, -0.2) is 15.0 Å². The minimum Gasteiger partial charge on any atom is -0.464 e. The van der Waals surface area contributed by atoms with Gasteiger partial charge in [0, 0.05) is 42.3 Å². The van der Waals surface area contributed by atoms with Gasteiger partial charge in [0.05, 0.1) is 6.26 Å². The third-order valence-corrected chi connectivity index (χ3v) is 6.98. The number of imidazole rings is 1. The van der Waals surface area contributed by atoms with Crippen LogP contribution in [0.4, 0.5) is 11.5 Å². The minimum atomic E-state index is 0.405. The van der Waals surface area contributed by atoms with E-state index < -0.39 is 0 Å². The lowest BCUT2D eigenvalue weighted by Gasteiger charge is -2.16. The third kappa shape index (κ3) is 4.30. The highest BCUT2D eigenvalue weighted by Gasteiger charge is 2.23. The van der Waals surface area contributed by atoms with Crippen LogP contribution in [0.2, 0.25) is 0 Å². The summed E-state index contributed by atoms with van der Waals surface area (Å²) in [6.45, 7) is 7.05. The minimum absolute atomic E-state index is 0.405. The lowest BCUT2D eigenvalue weighted by molar-refractivity contribution is 0.525. The number of benzene rings is 1. The van der Waals surface area contributed by atoms with Crippen LogP contribution >= 0.6 is 11.8 Å². The highest BCUT2D eigenvalue weighted by Crippen LogP contribution is 2.42. The molecule has 0 saturated carbocycles. The average Bonchev–Trinajstić information content (AvgIpc) is 3.52. The zero-order chi connectivity index (χ0) is 22.9. The fourth-order valence-corrected chi connectivity index (χ4v) is 5.32. The lowest BCUT2D eigenvalue weighted by atomic mass is 10.1. The largest absolute Gasteiger partial charge is 0.464 e. The zero-order valence-corrected chi connectivity index (χ0v) is 20.0. The van der Waals surface area contributed by atoms with Crippen LogP contribution < -0.4 is 16.0 Å². The van der Waals surface area contributed by atoms with Crippen molar-refractivity contribution >= 4 is 34.4 Å². The van der Waals surface area contributed by atoms with Crippen LogP contribution in [0.3, 0.4) is 0 Å². The summed E-state index contributed by atoms with van der Waals surface area (Å²) in [5.74, 6) is 1.26. The second kappa shape index (κ2) is 9.07. The molecule has 1 aliphatic rings. The summed E-state index contributed by atoms with van der Waals surface area (Å²) < 4.78 is 7.95. The van der Waals surface area contributed by atoms with Gasteiger partial charge in [0.1, 0.15) is 12.1 Å². The molecule has 0 aliphatic carbocycles. The molecule has 0 atom stereocenters. The Bertz CT molecular complexity index is 1270. The Morgan fingerprint density at radius 3 is 2.94 bits per heavy atom. The molecule has 3 N–H and O–H groups in total. The number of likely N-dealkylation sites (N-methyl/N-ethyl adjacent to an activating group) is 1. The summed E-state index contributed by atoms with van der Waals surface area (Å²) in [4.78, 5) is 16.9. The highest BCUT2D eigenvalue weighted by molar-refractivity contribution is 7.99. The molecule has 8 nitrogen and oxygen atoms in total. The molecule has 5 rings (SSSR count). The summed E-state index contributed by atoms with van der Waals surface area (Å²) >= 11 is 1.63. The molecule has 33 heavy (non-hydrogen) atoms. The van der Waals surface area contributed by atoms with Crippen molar-refractivity contribution in [2.75, 3.05) is 30.8 Å². The monoisotopic (exact) mass is 463 g/mol. The van der Waals surface area contributed by atoms with Crippen molar-refractivity contribution in [1.29, 1.82) is 0 Å². The molecule has 0 unspecified atom stereocenters. The normalized spacial score (nSPS) is 13.4. The summed E-state index contributed by atoms with van der Waals surface area (Å²) in [7, 11) is 2.14. The van der Waals surface area contributed by atoms with Crippen molar-refractivity contribution in [3.63, 3.8) is 0 Å². The van der Waals surface area contributed by atoms with Crippen LogP contribution in [0.5, 0.6) is 0 Å². The second-order valence-electron chi connectivity index (χ2n) is 8.67. The van der Waals surface area contributed by atoms with E-state index in [2.05, 4.69) is 57.8 Å². The summed E-state index contributed by atoms with van der Waals surface area (Å²) in [6, 6.07) is 8.90. The van der Waals surface area contributed by atoms with Crippen LogP contribution in [0.15, 0.2) is 51.3 Å². The van der Waals surface area contributed by atoms with Crippen molar-refractivity contribution in [3.05, 3.63) is 42.4 Å². The maximum absolute atomic E-state index is 6.15. The Kier molecular flexibility index (Phi) is 5.99. The number of furan rings is 1. The van der Waals surface area contributed by atoms with Crippen molar-refractivity contribution in [2.45, 2.75) is 49.3 Å². The third-order valence-electron chi connectivity index (χ3n) is 5.93. The molecule has 0 saturated heterocycles. The maximum atomic E-state index is 6.15. The van der Waals surface area contributed by atoms with Crippen LogP contribution in [0, 0.1) is 0 Å². The van der Waals surface area contributed by atoms with Crippen LogP contribution in [0.25, 0.3) is 22.5 Å². The van der Waals surface area contributed by atoms with Gasteiger partial charge >= 0.3 is 0 Å². The van der Waals surface area contributed by atoms with E-state index in [4.69, 9.17) is 15.1 Å². The molecule has 1 aromatic carbocycles. The van der Waals surface area contributed by atoms with Gasteiger partial charge < -0.3 is 24.9 Å². The predicted molar refractivity (Wildman–Crippen MR) is 133 cm³/mol. The van der Waals surface area contributed by atoms with E-state index in [1.807, 2.05) is 12.1 Å². The molecule has 0 fully saturated rings. The number of aryl methyl sites for hydroxylation is 1. The Balaban J connectivity index is 1.55. The number of anilines is 2. The second-order valence-corrected chi connectivity index (χ2v) is 9.68. The summed E-state index contributed by atoms with van der Waals surface area (Å²) in [6.07, 6.45) is 5.22. The fourth-order valence-electron chi connectivity index (χ4n) is 4.22. The number of fused-ring (bicyclic) bond motifs is 2. The number of aromatic nitrogens is 4. The van der Waals surface area contributed by atoms with E-state index in [1.165, 1.54) is 17.6 Å². The first-order valence-electron chi connectivity index (χ1n) is 11.3. The molecule has 172 valence electrons.